The summed E-state index contributed by atoms with van der Waals surface area (Å²) in [7, 11) is 1.52. The van der Waals surface area contributed by atoms with Crippen LogP contribution in [-0.4, -0.2) is 35.6 Å². The number of amides is 1. The lowest BCUT2D eigenvalue weighted by Gasteiger charge is -2.09. The van der Waals surface area contributed by atoms with Crippen LogP contribution in [0.15, 0.2) is 53.6 Å². The van der Waals surface area contributed by atoms with Crippen molar-refractivity contribution in [2.45, 2.75) is 6.92 Å². The zero-order chi connectivity index (χ0) is 20.8. The standard InChI is InChI=1S/C20H18ClFN4O3/c1-13-16(20(21)26(25-13)15-9-7-14(22)8-10-15)11-23-24-19(27)12-29-18-6-4-3-5-17(18)28-2/h3-11H,12H2,1-2H3,(H,24,27)/b23-11-. The number of aromatic nitrogens is 2. The van der Waals surface area contributed by atoms with Crippen molar-refractivity contribution in [3.8, 4) is 17.2 Å². The first-order chi connectivity index (χ1) is 14.0. The Morgan fingerprint density at radius 3 is 2.62 bits per heavy atom. The molecule has 0 bridgehead atoms. The fourth-order valence-electron chi connectivity index (χ4n) is 2.49. The highest BCUT2D eigenvalue weighted by molar-refractivity contribution is 6.32. The van der Waals surface area contributed by atoms with E-state index >= 15 is 0 Å². The maximum atomic E-state index is 13.1. The van der Waals surface area contributed by atoms with Crippen LogP contribution >= 0.6 is 11.6 Å². The van der Waals surface area contributed by atoms with Gasteiger partial charge in [0.25, 0.3) is 5.91 Å². The summed E-state index contributed by atoms with van der Waals surface area (Å²) in [5.41, 5.74) is 4.10. The number of methoxy groups -OCH3 is 1. The van der Waals surface area contributed by atoms with Crippen LogP contribution in [0.25, 0.3) is 5.69 Å². The number of benzene rings is 2. The topological polar surface area (TPSA) is 77.7 Å². The number of hydrogen-bond donors (Lipinski definition) is 1. The van der Waals surface area contributed by atoms with Crippen molar-refractivity contribution < 1.29 is 18.7 Å². The fourth-order valence-corrected chi connectivity index (χ4v) is 2.81. The minimum atomic E-state index is -0.452. The van der Waals surface area contributed by atoms with E-state index in [9.17, 15) is 9.18 Å². The van der Waals surface area contributed by atoms with E-state index in [-0.39, 0.29) is 17.6 Å². The van der Waals surface area contributed by atoms with Crippen LogP contribution in [0, 0.1) is 12.7 Å². The third-order valence-electron chi connectivity index (χ3n) is 3.93. The van der Waals surface area contributed by atoms with Crippen molar-refractivity contribution in [3.63, 3.8) is 0 Å². The first-order valence-electron chi connectivity index (χ1n) is 8.58. The zero-order valence-electron chi connectivity index (χ0n) is 15.7. The number of hydrazone groups is 1. The lowest BCUT2D eigenvalue weighted by molar-refractivity contribution is -0.123. The Morgan fingerprint density at radius 1 is 1.24 bits per heavy atom. The van der Waals surface area contributed by atoms with Gasteiger partial charge in [-0.15, -0.1) is 0 Å². The zero-order valence-corrected chi connectivity index (χ0v) is 16.5. The van der Waals surface area contributed by atoms with Crippen molar-refractivity contribution in [1.82, 2.24) is 15.2 Å². The summed E-state index contributed by atoms with van der Waals surface area (Å²) in [5, 5.41) is 8.52. The van der Waals surface area contributed by atoms with Crippen molar-refractivity contribution in [3.05, 3.63) is 70.8 Å². The predicted molar refractivity (Wildman–Crippen MR) is 107 cm³/mol. The summed E-state index contributed by atoms with van der Waals surface area (Å²) < 4.78 is 25.1. The van der Waals surface area contributed by atoms with E-state index in [4.69, 9.17) is 21.1 Å². The number of nitrogens with one attached hydrogen (secondary N) is 1. The molecule has 0 radical (unpaired) electrons. The minimum Gasteiger partial charge on any atom is -0.493 e. The highest BCUT2D eigenvalue weighted by atomic mass is 35.5. The summed E-state index contributed by atoms with van der Waals surface area (Å²) in [6.07, 6.45) is 1.39. The molecule has 3 aromatic rings. The molecule has 0 aliphatic rings. The number of para-hydroxylation sites is 2. The Labute approximate surface area is 171 Å². The molecule has 0 saturated carbocycles. The van der Waals surface area contributed by atoms with Crippen molar-refractivity contribution >= 4 is 23.7 Å². The summed E-state index contributed by atoms with van der Waals surface area (Å²) in [4.78, 5) is 12.0. The molecule has 150 valence electrons. The highest BCUT2D eigenvalue weighted by Crippen LogP contribution is 2.25. The van der Waals surface area contributed by atoms with Crippen molar-refractivity contribution in [1.29, 1.82) is 0 Å². The second-order valence-electron chi connectivity index (χ2n) is 5.91. The van der Waals surface area contributed by atoms with Gasteiger partial charge < -0.3 is 9.47 Å². The molecule has 9 heteroatoms. The quantitative estimate of drug-likeness (QED) is 0.472. The molecule has 3 rings (SSSR count). The van der Waals surface area contributed by atoms with Gasteiger partial charge in [-0.2, -0.15) is 10.2 Å². The van der Waals surface area contributed by atoms with E-state index in [0.717, 1.165) is 0 Å². The molecule has 0 aliphatic carbocycles. The van der Waals surface area contributed by atoms with Gasteiger partial charge in [0.05, 0.1) is 30.3 Å². The molecule has 1 aromatic heterocycles. The summed E-state index contributed by atoms with van der Waals surface area (Å²) >= 11 is 6.36. The summed E-state index contributed by atoms with van der Waals surface area (Å²) in [6.45, 7) is 1.51. The summed E-state index contributed by atoms with van der Waals surface area (Å²) in [5.74, 6) is 0.174. The monoisotopic (exact) mass is 416 g/mol. The van der Waals surface area contributed by atoms with Gasteiger partial charge in [0.15, 0.2) is 18.1 Å². The Bertz CT molecular complexity index is 1030. The average Bonchev–Trinajstić information content (AvgIpc) is 3.01. The fraction of sp³-hybridized carbons (Fsp3) is 0.150. The number of ether oxygens (including phenoxy) is 2. The maximum absolute atomic E-state index is 13.1. The normalized spacial score (nSPS) is 10.9. The van der Waals surface area contributed by atoms with E-state index in [2.05, 4.69) is 15.6 Å². The molecular formula is C20H18ClFN4O3. The van der Waals surface area contributed by atoms with Gasteiger partial charge in [0, 0.05) is 0 Å². The highest BCUT2D eigenvalue weighted by Gasteiger charge is 2.13. The first kappa shape index (κ1) is 20.3. The largest absolute Gasteiger partial charge is 0.493 e. The molecule has 0 spiro atoms. The minimum absolute atomic E-state index is 0.237. The number of aryl methyl sites for hydroxylation is 1. The number of carbonyl (C=O) groups excluding carboxylic acids is 1. The van der Waals surface area contributed by atoms with Gasteiger partial charge in [-0.3, -0.25) is 4.79 Å². The second-order valence-corrected chi connectivity index (χ2v) is 6.27. The summed E-state index contributed by atoms with van der Waals surface area (Å²) in [6, 6.07) is 12.8. The maximum Gasteiger partial charge on any atom is 0.277 e. The second kappa shape index (κ2) is 9.20. The van der Waals surface area contributed by atoms with Crippen LogP contribution in [0.3, 0.4) is 0 Å². The molecule has 0 unspecified atom stereocenters. The SMILES string of the molecule is COc1ccccc1OCC(=O)N/N=C\c1c(C)nn(-c2ccc(F)cc2)c1Cl. The third-order valence-corrected chi connectivity index (χ3v) is 4.29. The van der Waals surface area contributed by atoms with Gasteiger partial charge in [0.1, 0.15) is 11.0 Å². The van der Waals surface area contributed by atoms with E-state index in [1.54, 1.807) is 43.3 Å². The van der Waals surface area contributed by atoms with Crippen LogP contribution < -0.4 is 14.9 Å². The Kier molecular flexibility index (Phi) is 6.46. The lowest BCUT2D eigenvalue weighted by atomic mass is 10.3. The van der Waals surface area contributed by atoms with Crippen molar-refractivity contribution in [2.24, 2.45) is 5.10 Å². The molecule has 1 N–H and O–H groups in total. The first-order valence-corrected chi connectivity index (χ1v) is 8.96. The van der Waals surface area contributed by atoms with Gasteiger partial charge in [-0.05, 0) is 43.3 Å². The lowest BCUT2D eigenvalue weighted by Crippen LogP contribution is -2.24. The molecule has 0 aliphatic heterocycles. The Balaban J connectivity index is 1.63. The van der Waals surface area contributed by atoms with Crippen LogP contribution in [0.5, 0.6) is 11.5 Å². The van der Waals surface area contributed by atoms with Gasteiger partial charge in [-0.25, -0.2) is 14.5 Å². The van der Waals surface area contributed by atoms with E-state index in [1.165, 1.54) is 30.1 Å². The third kappa shape index (κ3) is 4.91. The molecule has 2 aromatic carbocycles. The molecular weight excluding hydrogens is 399 g/mol. The molecule has 29 heavy (non-hydrogen) atoms. The molecule has 1 heterocycles. The van der Waals surface area contributed by atoms with Crippen LogP contribution in [-0.2, 0) is 4.79 Å². The van der Waals surface area contributed by atoms with E-state index < -0.39 is 5.91 Å². The van der Waals surface area contributed by atoms with E-state index in [0.29, 0.717) is 28.4 Å². The van der Waals surface area contributed by atoms with Gasteiger partial charge in [-0.1, -0.05) is 23.7 Å². The number of rotatable bonds is 7. The smallest absolute Gasteiger partial charge is 0.277 e. The molecule has 7 nitrogen and oxygen atoms in total. The van der Waals surface area contributed by atoms with Gasteiger partial charge >= 0.3 is 0 Å². The number of halogens is 2. The predicted octanol–water partition coefficient (Wildman–Crippen LogP) is 3.51. The van der Waals surface area contributed by atoms with Gasteiger partial charge in [0.2, 0.25) is 0 Å². The molecule has 1 amide bonds. The number of carbonyl (C=O) groups is 1. The number of nitrogens with zero attached hydrogens (tertiary/aromatic N) is 3. The van der Waals surface area contributed by atoms with Crippen LogP contribution in [0.1, 0.15) is 11.3 Å². The van der Waals surface area contributed by atoms with Crippen LogP contribution in [0.2, 0.25) is 5.15 Å². The van der Waals surface area contributed by atoms with Crippen molar-refractivity contribution in [2.75, 3.05) is 13.7 Å². The van der Waals surface area contributed by atoms with Crippen LogP contribution in [0.4, 0.5) is 4.39 Å². The Morgan fingerprint density at radius 2 is 1.93 bits per heavy atom. The average molecular weight is 417 g/mol. The van der Waals surface area contributed by atoms with E-state index in [1.807, 2.05) is 0 Å². The molecule has 0 saturated heterocycles. The number of hydrogen-bond acceptors (Lipinski definition) is 5. The molecule has 0 fully saturated rings. The Hall–Kier alpha value is -3.39. The molecule has 0 atom stereocenters.